The van der Waals surface area contributed by atoms with Crippen molar-refractivity contribution in [1.29, 1.82) is 0 Å². The van der Waals surface area contributed by atoms with Gasteiger partial charge >= 0.3 is 0 Å². The molecule has 2 aromatic carbocycles. The Kier molecular flexibility index (Phi) is 4.71. The molecule has 0 radical (unpaired) electrons. The van der Waals surface area contributed by atoms with Crippen molar-refractivity contribution in [2.75, 3.05) is 10.6 Å². The minimum atomic E-state index is 0.425. The average Bonchev–Trinajstić information content (AvgIpc) is 3.23. The maximum absolute atomic E-state index is 4.70. The third kappa shape index (κ3) is 3.66. The standard InChI is InChI=1S/C22H18N8/c1-3-7-16(8-4-1)13-24-20-19-21(30(15-26-19)17-9-5-2-6-10-17)29-22(28-20)27-18-11-12-23-14-25-18/h1-12,14-15H,13H2,(H2,23,24,25,27,28,29). The molecule has 2 N–H and O–H groups in total. The second-order valence-electron chi connectivity index (χ2n) is 6.58. The van der Waals surface area contributed by atoms with Gasteiger partial charge in [0.2, 0.25) is 5.95 Å². The van der Waals surface area contributed by atoms with E-state index in [1.807, 2.05) is 53.1 Å². The number of benzene rings is 2. The van der Waals surface area contributed by atoms with Crippen LogP contribution in [0, 0.1) is 0 Å². The van der Waals surface area contributed by atoms with Crippen molar-refractivity contribution in [1.82, 2.24) is 29.5 Å². The summed E-state index contributed by atoms with van der Waals surface area (Å²) in [7, 11) is 0. The molecule has 0 spiro atoms. The molecule has 8 nitrogen and oxygen atoms in total. The Bertz CT molecular complexity index is 1250. The smallest absolute Gasteiger partial charge is 0.232 e. The van der Waals surface area contributed by atoms with Gasteiger partial charge in [-0.3, -0.25) is 4.57 Å². The first-order chi connectivity index (χ1) is 14.9. The SMILES string of the molecule is c1ccc(CNc2nc(Nc3ccncn3)nc3c2ncn3-c2ccccc2)cc1. The molecule has 8 heteroatoms. The van der Waals surface area contributed by atoms with Crippen LogP contribution in [-0.4, -0.2) is 29.5 Å². The van der Waals surface area contributed by atoms with Crippen LogP contribution in [0.3, 0.4) is 0 Å². The summed E-state index contributed by atoms with van der Waals surface area (Å²) in [6.07, 6.45) is 4.90. The Labute approximate surface area is 172 Å². The third-order valence-electron chi connectivity index (χ3n) is 4.56. The summed E-state index contributed by atoms with van der Waals surface area (Å²) in [6.45, 7) is 0.623. The molecule has 0 aliphatic carbocycles. The molecule has 146 valence electrons. The van der Waals surface area contributed by atoms with E-state index in [4.69, 9.17) is 4.98 Å². The summed E-state index contributed by atoms with van der Waals surface area (Å²) in [5, 5.41) is 6.54. The van der Waals surface area contributed by atoms with Crippen molar-refractivity contribution in [2.24, 2.45) is 0 Å². The third-order valence-corrected chi connectivity index (χ3v) is 4.56. The lowest BCUT2D eigenvalue weighted by molar-refractivity contribution is 1.05. The van der Waals surface area contributed by atoms with Crippen molar-refractivity contribution in [3.63, 3.8) is 0 Å². The Morgan fingerprint density at radius 1 is 0.833 bits per heavy atom. The van der Waals surface area contributed by atoms with Crippen LogP contribution >= 0.6 is 0 Å². The number of aromatic nitrogens is 6. The van der Waals surface area contributed by atoms with Crippen molar-refractivity contribution >= 4 is 28.7 Å². The molecule has 0 aliphatic rings. The zero-order chi connectivity index (χ0) is 20.2. The molecular weight excluding hydrogens is 376 g/mol. The van der Waals surface area contributed by atoms with Crippen molar-refractivity contribution < 1.29 is 0 Å². The van der Waals surface area contributed by atoms with Gasteiger partial charge in [0.05, 0.1) is 0 Å². The number of imidazole rings is 1. The monoisotopic (exact) mass is 394 g/mol. The van der Waals surface area contributed by atoms with Crippen LogP contribution in [0.1, 0.15) is 5.56 Å². The van der Waals surface area contributed by atoms with E-state index < -0.39 is 0 Å². The molecule has 0 bridgehead atoms. The molecule has 0 saturated heterocycles. The fourth-order valence-electron chi connectivity index (χ4n) is 3.12. The molecule has 0 amide bonds. The lowest BCUT2D eigenvalue weighted by Crippen LogP contribution is -2.07. The first kappa shape index (κ1) is 17.7. The maximum atomic E-state index is 4.70. The van der Waals surface area contributed by atoms with E-state index in [0.29, 0.717) is 35.3 Å². The first-order valence-corrected chi connectivity index (χ1v) is 9.48. The second-order valence-corrected chi connectivity index (χ2v) is 6.58. The largest absolute Gasteiger partial charge is 0.364 e. The number of nitrogens with zero attached hydrogens (tertiary/aromatic N) is 6. The number of hydrogen-bond donors (Lipinski definition) is 2. The number of para-hydroxylation sites is 1. The highest BCUT2D eigenvalue weighted by atomic mass is 15.2. The highest BCUT2D eigenvalue weighted by Crippen LogP contribution is 2.25. The minimum Gasteiger partial charge on any atom is -0.364 e. The molecule has 30 heavy (non-hydrogen) atoms. The molecule has 5 aromatic rings. The number of nitrogens with one attached hydrogen (secondary N) is 2. The van der Waals surface area contributed by atoms with E-state index in [1.165, 1.54) is 6.33 Å². The van der Waals surface area contributed by atoms with E-state index in [1.54, 1.807) is 18.6 Å². The predicted molar refractivity (Wildman–Crippen MR) is 116 cm³/mol. The molecule has 0 fully saturated rings. The van der Waals surface area contributed by atoms with Crippen molar-refractivity contribution in [2.45, 2.75) is 6.54 Å². The predicted octanol–water partition coefficient (Wildman–Crippen LogP) is 3.96. The van der Waals surface area contributed by atoms with Crippen LogP contribution < -0.4 is 10.6 Å². The van der Waals surface area contributed by atoms with Gasteiger partial charge in [0.25, 0.3) is 0 Å². The maximum Gasteiger partial charge on any atom is 0.232 e. The van der Waals surface area contributed by atoms with Gasteiger partial charge in [-0.25, -0.2) is 15.0 Å². The Balaban J connectivity index is 1.57. The van der Waals surface area contributed by atoms with Crippen molar-refractivity contribution in [3.8, 4) is 5.69 Å². The van der Waals surface area contributed by atoms with Crippen LogP contribution in [0.4, 0.5) is 17.6 Å². The van der Waals surface area contributed by atoms with Gasteiger partial charge in [-0.15, -0.1) is 0 Å². The summed E-state index contributed by atoms with van der Waals surface area (Å²) in [4.78, 5) is 22.1. The number of hydrogen-bond acceptors (Lipinski definition) is 7. The molecule has 3 aromatic heterocycles. The van der Waals surface area contributed by atoms with E-state index in [9.17, 15) is 0 Å². The van der Waals surface area contributed by atoms with Gasteiger partial charge in [0.1, 0.15) is 18.5 Å². The quantitative estimate of drug-likeness (QED) is 0.450. The van der Waals surface area contributed by atoms with E-state index in [2.05, 4.69) is 42.7 Å². The van der Waals surface area contributed by atoms with Gasteiger partial charge in [-0.2, -0.15) is 9.97 Å². The van der Waals surface area contributed by atoms with Gasteiger partial charge < -0.3 is 10.6 Å². The fourth-order valence-corrected chi connectivity index (χ4v) is 3.12. The van der Waals surface area contributed by atoms with Gasteiger partial charge in [0.15, 0.2) is 17.0 Å². The molecule has 0 aliphatic heterocycles. The van der Waals surface area contributed by atoms with Crippen LogP contribution in [0.15, 0.2) is 85.6 Å². The summed E-state index contributed by atoms with van der Waals surface area (Å²) in [5.41, 5.74) is 3.52. The molecule has 5 rings (SSSR count). The van der Waals surface area contributed by atoms with Crippen LogP contribution in [0.5, 0.6) is 0 Å². The van der Waals surface area contributed by atoms with E-state index in [-0.39, 0.29) is 0 Å². The highest BCUT2D eigenvalue weighted by molar-refractivity contribution is 5.85. The van der Waals surface area contributed by atoms with Gasteiger partial charge in [0, 0.05) is 18.4 Å². The molecular formula is C22H18N8. The lowest BCUT2D eigenvalue weighted by Gasteiger charge is -2.10. The fraction of sp³-hybridized carbons (Fsp3) is 0.0455. The van der Waals surface area contributed by atoms with E-state index in [0.717, 1.165) is 11.3 Å². The van der Waals surface area contributed by atoms with Crippen LogP contribution in [0.2, 0.25) is 0 Å². The zero-order valence-electron chi connectivity index (χ0n) is 16.0. The number of rotatable bonds is 6. The summed E-state index contributed by atoms with van der Waals surface area (Å²) in [5.74, 6) is 1.69. The van der Waals surface area contributed by atoms with Crippen molar-refractivity contribution in [3.05, 3.63) is 91.1 Å². The second kappa shape index (κ2) is 7.96. The van der Waals surface area contributed by atoms with E-state index >= 15 is 0 Å². The Morgan fingerprint density at radius 2 is 1.63 bits per heavy atom. The number of fused-ring (bicyclic) bond motifs is 1. The average molecular weight is 394 g/mol. The van der Waals surface area contributed by atoms with Gasteiger partial charge in [-0.1, -0.05) is 48.5 Å². The molecule has 0 saturated carbocycles. The zero-order valence-corrected chi connectivity index (χ0v) is 16.0. The highest BCUT2D eigenvalue weighted by Gasteiger charge is 2.15. The normalized spacial score (nSPS) is 10.8. The molecule has 3 heterocycles. The Hall–Kier alpha value is -4.33. The van der Waals surface area contributed by atoms with Crippen LogP contribution in [-0.2, 0) is 6.54 Å². The molecule has 0 unspecified atom stereocenters. The Morgan fingerprint density at radius 3 is 2.40 bits per heavy atom. The molecule has 0 atom stereocenters. The lowest BCUT2D eigenvalue weighted by atomic mass is 10.2. The summed E-state index contributed by atoms with van der Waals surface area (Å²) in [6, 6.07) is 21.9. The minimum absolute atomic E-state index is 0.425. The number of anilines is 3. The first-order valence-electron chi connectivity index (χ1n) is 9.48. The topological polar surface area (TPSA) is 93.4 Å². The van der Waals surface area contributed by atoms with Crippen LogP contribution in [0.25, 0.3) is 16.9 Å². The van der Waals surface area contributed by atoms with Gasteiger partial charge in [-0.05, 0) is 23.8 Å². The summed E-state index contributed by atoms with van der Waals surface area (Å²) < 4.78 is 1.94. The summed E-state index contributed by atoms with van der Waals surface area (Å²) >= 11 is 0.